The van der Waals surface area contributed by atoms with Crippen molar-refractivity contribution in [1.29, 1.82) is 0 Å². The van der Waals surface area contributed by atoms with Gasteiger partial charge in [-0.05, 0) is 43.2 Å². The Balaban J connectivity index is 2.33. The zero-order valence-corrected chi connectivity index (χ0v) is 11.4. The summed E-state index contributed by atoms with van der Waals surface area (Å²) in [5, 5.41) is 0. The van der Waals surface area contributed by atoms with Crippen LogP contribution in [0, 0.1) is 11.3 Å². The first-order valence-electron chi connectivity index (χ1n) is 6.58. The van der Waals surface area contributed by atoms with E-state index in [1.165, 1.54) is 19.3 Å². The lowest BCUT2D eigenvalue weighted by Crippen LogP contribution is -2.29. The monoisotopic (exact) mass is 235 g/mol. The number of hydrogen-bond donors (Lipinski definition) is 0. The van der Waals surface area contributed by atoms with Crippen molar-refractivity contribution in [2.24, 2.45) is 11.3 Å². The fourth-order valence-electron chi connectivity index (χ4n) is 2.42. The largest absolute Gasteiger partial charge is 0.319 e. The minimum Gasteiger partial charge on any atom is -0.319 e. The van der Waals surface area contributed by atoms with Crippen LogP contribution in [0.3, 0.4) is 0 Å². The van der Waals surface area contributed by atoms with Gasteiger partial charge in [0.05, 0.1) is 0 Å². The van der Waals surface area contributed by atoms with Crippen LogP contribution in [0.2, 0.25) is 0 Å². The molecule has 2 heteroatoms. The summed E-state index contributed by atoms with van der Waals surface area (Å²) in [6.07, 6.45) is 10.9. The number of amides is 1. The molecule has 1 fully saturated rings. The highest BCUT2D eigenvalue weighted by Gasteiger charge is 2.49. The Bertz CT molecular complexity index is 308. The van der Waals surface area contributed by atoms with E-state index in [2.05, 4.69) is 32.6 Å². The summed E-state index contributed by atoms with van der Waals surface area (Å²) < 4.78 is 0. The maximum atomic E-state index is 11.3. The Morgan fingerprint density at radius 2 is 2.24 bits per heavy atom. The molecular formula is C15H25NO. The van der Waals surface area contributed by atoms with Crippen LogP contribution in [0.25, 0.3) is 0 Å². The first-order valence-corrected chi connectivity index (χ1v) is 6.58. The Hall–Kier alpha value is -1.05. The van der Waals surface area contributed by atoms with Gasteiger partial charge in [-0.25, -0.2) is 0 Å². The number of carbonyl (C=O) groups is 1. The van der Waals surface area contributed by atoms with Gasteiger partial charge in [-0.2, -0.15) is 0 Å². The molecule has 0 spiro atoms. The van der Waals surface area contributed by atoms with Gasteiger partial charge in [-0.15, -0.1) is 0 Å². The summed E-state index contributed by atoms with van der Waals surface area (Å²) >= 11 is 0. The average molecular weight is 235 g/mol. The first-order chi connectivity index (χ1) is 8.03. The molecule has 1 aliphatic rings. The highest BCUT2D eigenvalue weighted by molar-refractivity contribution is 5.74. The molecular weight excluding hydrogens is 210 g/mol. The van der Waals surface area contributed by atoms with E-state index in [4.69, 9.17) is 0 Å². The lowest BCUT2D eigenvalue weighted by atomic mass is 10.0. The van der Waals surface area contributed by atoms with Crippen LogP contribution in [0.4, 0.5) is 0 Å². The molecule has 1 amide bonds. The van der Waals surface area contributed by atoms with Crippen molar-refractivity contribution in [2.75, 3.05) is 6.54 Å². The molecule has 0 aromatic rings. The lowest BCUT2D eigenvalue weighted by molar-refractivity contribution is -0.127. The zero-order chi connectivity index (χ0) is 12.9. The predicted octanol–water partition coefficient (Wildman–Crippen LogP) is 3.75. The minimum atomic E-state index is 0.0951. The van der Waals surface area contributed by atoms with Crippen LogP contribution in [-0.4, -0.2) is 17.4 Å². The molecule has 2 atom stereocenters. The summed E-state index contributed by atoms with van der Waals surface area (Å²) in [6, 6.07) is 0. The third-order valence-corrected chi connectivity index (χ3v) is 3.78. The molecule has 0 aromatic heterocycles. The van der Waals surface area contributed by atoms with Crippen LogP contribution in [0.1, 0.15) is 46.5 Å². The molecule has 2 nitrogen and oxygen atoms in total. The van der Waals surface area contributed by atoms with Gasteiger partial charge in [-0.3, -0.25) is 4.79 Å². The summed E-state index contributed by atoms with van der Waals surface area (Å²) in [5.74, 6) is 0.864. The van der Waals surface area contributed by atoms with E-state index in [9.17, 15) is 4.79 Å². The molecule has 0 radical (unpaired) electrons. The van der Waals surface area contributed by atoms with Crippen molar-refractivity contribution in [2.45, 2.75) is 46.5 Å². The maximum absolute atomic E-state index is 11.3. The van der Waals surface area contributed by atoms with Gasteiger partial charge in [0.2, 0.25) is 5.91 Å². The van der Waals surface area contributed by atoms with Gasteiger partial charge in [0.1, 0.15) is 0 Å². The van der Waals surface area contributed by atoms with Gasteiger partial charge in [0, 0.05) is 13.5 Å². The van der Waals surface area contributed by atoms with Gasteiger partial charge >= 0.3 is 0 Å². The number of allylic oxidation sites excluding steroid dienone is 2. The second-order valence-corrected chi connectivity index (χ2v) is 5.34. The number of carbonyl (C=O) groups excluding carboxylic acids is 1. The Kier molecular flexibility index (Phi) is 4.98. The molecule has 1 rings (SSSR count). The predicted molar refractivity (Wildman–Crippen MR) is 72.5 cm³/mol. The SMILES string of the molecule is C=CN(CC1(C)CC1CCC=CCC)C(C)=O. The second kappa shape index (κ2) is 6.04. The van der Waals surface area contributed by atoms with Crippen molar-refractivity contribution < 1.29 is 4.79 Å². The molecule has 0 heterocycles. The van der Waals surface area contributed by atoms with Crippen LogP contribution < -0.4 is 0 Å². The number of rotatable bonds is 7. The fourth-order valence-corrected chi connectivity index (χ4v) is 2.42. The smallest absolute Gasteiger partial charge is 0.223 e. The summed E-state index contributed by atoms with van der Waals surface area (Å²) in [4.78, 5) is 13.1. The molecule has 1 saturated carbocycles. The zero-order valence-electron chi connectivity index (χ0n) is 11.4. The Morgan fingerprint density at radius 3 is 2.76 bits per heavy atom. The molecule has 2 unspecified atom stereocenters. The first kappa shape index (κ1) is 14.0. The third kappa shape index (κ3) is 4.03. The topological polar surface area (TPSA) is 20.3 Å². The van der Waals surface area contributed by atoms with E-state index in [0.29, 0.717) is 5.41 Å². The lowest BCUT2D eigenvalue weighted by Gasteiger charge is -2.21. The van der Waals surface area contributed by atoms with Gasteiger partial charge in [-0.1, -0.05) is 32.6 Å². The van der Waals surface area contributed by atoms with Crippen molar-refractivity contribution in [3.63, 3.8) is 0 Å². The Labute approximate surface area is 105 Å². The highest BCUT2D eigenvalue weighted by Crippen LogP contribution is 2.55. The molecule has 0 aromatic carbocycles. The molecule has 0 aliphatic heterocycles. The van der Waals surface area contributed by atoms with Gasteiger partial charge < -0.3 is 4.90 Å². The standard InChI is InChI=1S/C15H25NO/c1-5-7-8-9-10-14-11-15(14,4)12-16(6-2)13(3)17/h6-8,14H,2,5,9-12H2,1,3-4H3. The van der Waals surface area contributed by atoms with E-state index in [0.717, 1.165) is 18.9 Å². The molecule has 0 saturated heterocycles. The summed E-state index contributed by atoms with van der Waals surface area (Å²) in [5.41, 5.74) is 0.319. The van der Waals surface area contributed by atoms with E-state index >= 15 is 0 Å². The van der Waals surface area contributed by atoms with Crippen LogP contribution in [0.15, 0.2) is 24.9 Å². The maximum Gasteiger partial charge on any atom is 0.223 e. The highest BCUT2D eigenvalue weighted by atomic mass is 16.2. The van der Waals surface area contributed by atoms with Crippen LogP contribution in [-0.2, 0) is 4.79 Å². The third-order valence-electron chi connectivity index (χ3n) is 3.78. The van der Waals surface area contributed by atoms with Gasteiger partial charge in [0.25, 0.3) is 0 Å². The quantitative estimate of drug-likeness (QED) is 0.615. The van der Waals surface area contributed by atoms with Crippen molar-refractivity contribution in [1.82, 2.24) is 4.90 Å². The minimum absolute atomic E-state index is 0.0951. The van der Waals surface area contributed by atoms with E-state index in [1.807, 2.05) is 0 Å². The molecule has 0 N–H and O–H groups in total. The van der Waals surface area contributed by atoms with Crippen LogP contribution in [0.5, 0.6) is 0 Å². The van der Waals surface area contributed by atoms with E-state index in [1.54, 1.807) is 18.0 Å². The Morgan fingerprint density at radius 1 is 1.53 bits per heavy atom. The van der Waals surface area contributed by atoms with Crippen molar-refractivity contribution >= 4 is 5.91 Å². The summed E-state index contributed by atoms with van der Waals surface area (Å²) in [6.45, 7) is 10.6. The molecule has 96 valence electrons. The molecule has 17 heavy (non-hydrogen) atoms. The van der Waals surface area contributed by atoms with Crippen molar-refractivity contribution in [3.05, 3.63) is 24.9 Å². The molecule has 1 aliphatic carbocycles. The fraction of sp³-hybridized carbons (Fsp3) is 0.667. The number of hydrogen-bond acceptors (Lipinski definition) is 1. The second-order valence-electron chi connectivity index (χ2n) is 5.34. The van der Waals surface area contributed by atoms with Crippen LogP contribution >= 0.6 is 0 Å². The summed E-state index contributed by atoms with van der Waals surface area (Å²) in [7, 11) is 0. The van der Waals surface area contributed by atoms with E-state index in [-0.39, 0.29) is 5.91 Å². The average Bonchev–Trinajstić information content (AvgIpc) is 2.92. The van der Waals surface area contributed by atoms with Crippen molar-refractivity contribution in [3.8, 4) is 0 Å². The van der Waals surface area contributed by atoms with E-state index < -0.39 is 0 Å². The molecule has 0 bridgehead atoms. The number of nitrogens with zero attached hydrogens (tertiary/aromatic N) is 1. The van der Waals surface area contributed by atoms with Gasteiger partial charge in [0.15, 0.2) is 0 Å². The normalized spacial score (nSPS) is 27.1.